The molecule has 55 heavy (non-hydrogen) atoms. The number of amides is 1. The number of benzene rings is 2. The molecule has 0 spiro atoms. The predicted octanol–water partition coefficient (Wildman–Crippen LogP) is 6.81. The summed E-state index contributed by atoms with van der Waals surface area (Å²) >= 11 is 1.22. The van der Waals surface area contributed by atoms with Crippen LogP contribution in [0.4, 0.5) is 41.7 Å². The minimum Gasteiger partial charge on any atom is -0.389 e. The van der Waals surface area contributed by atoms with Crippen LogP contribution in [-0.4, -0.2) is 52.7 Å². The highest BCUT2D eigenvalue weighted by atomic mass is 32.1. The molecule has 3 atom stereocenters. The van der Waals surface area contributed by atoms with Crippen LogP contribution in [0.1, 0.15) is 60.4 Å². The highest BCUT2D eigenvalue weighted by Gasteiger charge is 2.68. The standard InChI is InChI=1S/C36H32F7N9O2S/c1-34(2,54)14-45-33-48-32-24(55-33)12-20(18-5-4-6-19-28(18)51(3)50-31(19)44)27(47-32)23(9-15-7-16(37)10-17(38)8-15)46-25(53)13-52-30-26(29(49-52)36(41,42)43)21-11-22(21)35(30,39)40/h4-8,10,12,21-23,54H,9,11,13-14H2,1-3H3,(H2,44,50)(H,46,53)(H,45,47,48)/t21-,22?,23-/m0/s1. The van der Waals surface area contributed by atoms with E-state index in [1.165, 1.54) is 11.3 Å². The first-order valence-corrected chi connectivity index (χ1v) is 17.9. The molecule has 2 aromatic carbocycles. The molecule has 0 bridgehead atoms. The largest absolute Gasteiger partial charge is 0.435 e. The van der Waals surface area contributed by atoms with Crippen LogP contribution in [0.2, 0.25) is 0 Å². The lowest BCUT2D eigenvalue weighted by atomic mass is 9.94. The third kappa shape index (κ3) is 6.62. The van der Waals surface area contributed by atoms with Gasteiger partial charge in [-0.05, 0) is 62.4 Å². The molecule has 0 radical (unpaired) electrons. The number of thiazole rings is 1. The van der Waals surface area contributed by atoms with Crippen LogP contribution in [0.25, 0.3) is 32.4 Å². The first-order chi connectivity index (χ1) is 25.8. The molecule has 2 aliphatic rings. The fourth-order valence-corrected chi connectivity index (χ4v) is 8.30. The minimum atomic E-state index is -5.04. The van der Waals surface area contributed by atoms with Gasteiger partial charge in [-0.15, -0.1) is 0 Å². The van der Waals surface area contributed by atoms with Gasteiger partial charge in [-0.2, -0.15) is 32.1 Å². The molecule has 19 heteroatoms. The molecule has 288 valence electrons. The van der Waals surface area contributed by atoms with Gasteiger partial charge in [0, 0.05) is 47.7 Å². The van der Waals surface area contributed by atoms with E-state index in [4.69, 9.17) is 10.7 Å². The third-order valence-electron chi connectivity index (χ3n) is 9.79. The summed E-state index contributed by atoms with van der Waals surface area (Å²) < 4.78 is 104. The second kappa shape index (κ2) is 12.6. The van der Waals surface area contributed by atoms with Crippen molar-refractivity contribution in [1.29, 1.82) is 0 Å². The summed E-state index contributed by atoms with van der Waals surface area (Å²) in [6.45, 7) is 2.33. The zero-order valence-corrected chi connectivity index (χ0v) is 30.1. The van der Waals surface area contributed by atoms with Gasteiger partial charge in [0.15, 0.2) is 22.3 Å². The number of rotatable bonds is 10. The van der Waals surface area contributed by atoms with Crippen LogP contribution in [0.5, 0.6) is 0 Å². The number of aryl methyl sites for hydroxylation is 1. The number of carbonyl (C=O) groups excluding carboxylic acids is 1. The van der Waals surface area contributed by atoms with Gasteiger partial charge < -0.3 is 21.5 Å². The predicted molar refractivity (Wildman–Crippen MR) is 189 cm³/mol. The highest BCUT2D eigenvalue weighted by Crippen LogP contribution is 2.68. The highest BCUT2D eigenvalue weighted by molar-refractivity contribution is 7.22. The number of aliphatic hydroxyl groups is 1. The van der Waals surface area contributed by atoms with Crippen molar-refractivity contribution in [2.75, 3.05) is 17.6 Å². The second-order valence-electron chi connectivity index (χ2n) is 14.6. The van der Waals surface area contributed by atoms with Crippen molar-refractivity contribution in [1.82, 2.24) is 34.8 Å². The smallest absolute Gasteiger partial charge is 0.389 e. The molecule has 1 fully saturated rings. The van der Waals surface area contributed by atoms with Crippen molar-refractivity contribution in [2.45, 2.75) is 62.9 Å². The van der Waals surface area contributed by atoms with Crippen LogP contribution >= 0.6 is 11.3 Å². The number of para-hydroxylation sites is 1. The maximum atomic E-state index is 15.4. The maximum Gasteiger partial charge on any atom is 0.435 e. The van der Waals surface area contributed by atoms with Crippen LogP contribution < -0.4 is 16.4 Å². The van der Waals surface area contributed by atoms with E-state index < -0.39 is 76.6 Å². The molecule has 1 saturated carbocycles. The maximum absolute atomic E-state index is 15.4. The number of fused-ring (bicyclic) bond motifs is 5. The lowest BCUT2D eigenvalue weighted by Gasteiger charge is -2.23. The number of nitrogen functional groups attached to an aromatic ring is 1. The van der Waals surface area contributed by atoms with Gasteiger partial charge in [0.1, 0.15) is 23.9 Å². The Labute approximate surface area is 311 Å². The number of nitrogens with one attached hydrogen (secondary N) is 2. The van der Waals surface area contributed by atoms with E-state index in [2.05, 4.69) is 25.8 Å². The first kappa shape index (κ1) is 36.7. The average molecular weight is 788 g/mol. The van der Waals surface area contributed by atoms with Gasteiger partial charge in [0.05, 0.1) is 27.6 Å². The molecule has 6 aromatic rings. The summed E-state index contributed by atoms with van der Waals surface area (Å²) in [6.07, 6.45) is -5.46. The fraction of sp³-hybridized carbons (Fsp3) is 0.361. The Morgan fingerprint density at radius 3 is 2.51 bits per heavy atom. The van der Waals surface area contributed by atoms with Crippen LogP contribution in [0, 0.1) is 17.6 Å². The number of aromatic nitrogens is 6. The van der Waals surface area contributed by atoms with Crippen molar-refractivity contribution in [3.8, 4) is 11.1 Å². The number of pyridine rings is 1. The Balaban J connectivity index is 1.26. The fourth-order valence-electron chi connectivity index (χ4n) is 7.46. The zero-order valence-electron chi connectivity index (χ0n) is 29.3. The van der Waals surface area contributed by atoms with Crippen molar-refractivity contribution in [3.63, 3.8) is 0 Å². The molecule has 5 N–H and O–H groups in total. The van der Waals surface area contributed by atoms with Gasteiger partial charge in [0.2, 0.25) is 5.91 Å². The number of alkyl halides is 5. The molecule has 4 heterocycles. The lowest BCUT2D eigenvalue weighted by molar-refractivity contribution is -0.142. The Morgan fingerprint density at radius 1 is 1.09 bits per heavy atom. The molecule has 4 aromatic heterocycles. The van der Waals surface area contributed by atoms with Crippen molar-refractivity contribution >= 4 is 49.4 Å². The Kier molecular flexibility index (Phi) is 8.41. The SMILES string of the molecule is Cn1nc(N)c2cccc(-c3cc4sc(NCC(C)(C)O)nc4nc3[C@H](Cc3cc(F)cc(F)c3)NC(=O)Cn3nc(C(F)(F)F)c4c3C(F)(F)C3C[C@H]43)c21. The number of halogens is 7. The number of hydrogen-bond acceptors (Lipinski definition) is 9. The van der Waals surface area contributed by atoms with Crippen molar-refractivity contribution in [3.05, 3.63) is 82.3 Å². The topological polar surface area (TPSA) is 149 Å². The van der Waals surface area contributed by atoms with Gasteiger partial charge in [-0.3, -0.25) is 14.2 Å². The quantitative estimate of drug-likeness (QED) is 0.111. The molecular weight excluding hydrogens is 756 g/mol. The Hall–Kier alpha value is -5.30. The lowest BCUT2D eigenvalue weighted by Crippen LogP contribution is -2.35. The van der Waals surface area contributed by atoms with Crippen molar-refractivity contribution in [2.24, 2.45) is 13.0 Å². The zero-order chi connectivity index (χ0) is 39.4. The molecule has 8 rings (SSSR count). The monoisotopic (exact) mass is 787 g/mol. The van der Waals surface area contributed by atoms with E-state index >= 15 is 8.78 Å². The molecular formula is C36H32F7N9O2S. The van der Waals surface area contributed by atoms with Crippen LogP contribution in [0.15, 0.2) is 42.5 Å². The minimum absolute atomic E-state index is 0.0791. The summed E-state index contributed by atoms with van der Waals surface area (Å²) in [5.41, 5.74) is 4.03. The van der Waals surface area contributed by atoms with Gasteiger partial charge in [-0.1, -0.05) is 23.5 Å². The number of hydrogen-bond donors (Lipinski definition) is 4. The number of nitrogens with zero attached hydrogens (tertiary/aromatic N) is 6. The van der Waals surface area contributed by atoms with Crippen molar-refractivity contribution < 1.29 is 40.6 Å². The number of carbonyl (C=O) groups is 1. The molecule has 1 amide bonds. The normalized spacial score (nSPS) is 18.1. The second-order valence-corrected chi connectivity index (χ2v) is 15.6. The van der Waals surface area contributed by atoms with E-state index in [9.17, 15) is 31.9 Å². The molecule has 11 nitrogen and oxygen atoms in total. The number of nitrogens with two attached hydrogens (primary N) is 1. The first-order valence-electron chi connectivity index (χ1n) is 17.1. The average Bonchev–Trinajstić information content (AvgIpc) is 3.37. The summed E-state index contributed by atoms with van der Waals surface area (Å²) in [7, 11) is 1.67. The summed E-state index contributed by atoms with van der Waals surface area (Å²) in [4.78, 5) is 23.3. The van der Waals surface area contributed by atoms with E-state index in [-0.39, 0.29) is 42.1 Å². The summed E-state index contributed by atoms with van der Waals surface area (Å²) in [6, 6.07) is 8.48. The number of anilines is 2. The Morgan fingerprint density at radius 2 is 1.82 bits per heavy atom. The summed E-state index contributed by atoms with van der Waals surface area (Å²) in [5, 5.41) is 24.8. The van der Waals surface area contributed by atoms with E-state index in [1.807, 2.05) is 0 Å². The summed E-state index contributed by atoms with van der Waals surface area (Å²) in [5.74, 6) is -8.57. The van der Waals surface area contributed by atoms with E-state index in [0.29, 0.717) is 42.6 Å². The van der Waals surface area contributed by atoms with E-state index in [1.54, 1.807) is 49.8 Å². The molecule has 0 saturated heterocycles. The molecule has 2 aliphatic carbocycles. The third-order valence-corrected chi connectivity index (χ3v) is 10.7. The van der Waals surface area contributed by atoms with Crippen LogP contribution in [-0.2, 0) is 36.9 Å². The Bertz CT molecular complexity index is 2500. The van der Waals surface area contributed by atoms with Gasteiger partial charge in [0.25, 0.3) is 5.92 Å². The van der Waals surface area contributed by atoms with Gasteiger partial charge in [-0.25, -0.2) is 18.7 Å². The molecule has 1 unspecified atom stereocenters. The van der Waals surface area contributed by atoms with Gasteiger partial charge >= 0.3 is 6.18 Å². The molecule has 0 aliphatic heterocycles. The van der Waals surface area contributed by atoms with E-state index in [0.717, 1.165) is 12.1 Å². The van der Waals surface area contributed by atoms with Crippen LogP contribution in [0.3, 0.4) is 0 Å².